The van der Waals surface area contributed by atoms with Crippen molar-refractivity contribution in [3.05, 3.63) is 35.8 Å². The number of nitrogens with two attached hydrogens (primary N) is 2. The molecule has 0 spiro atoms. The van der Waals surface area contributed by atoms with Crippen LogP contribution in [0.3, 0.4) is 0 Å². The third-order valence-corrected chi connectivity index (χ3v) is 1.51. The van der Waals surface area contributed by atoms with Gasteiger partial charge in [-0.2, -0.15) is 0 Å². The molecule has 92 valence electrons. The van der Waals surface area contributed by atoms with Crippen LogP contribution in [0.5, 0.6) is 0 Å². The molecule has 4 nitrogen and oxygen atoms in total. The highest BCUT2D eigenvalue weighted by atomic mass is 15.2. The molecule has 5 N–H and O–H groups in total. The molecule has 0 radical (unpaired) electrons. The average Bonchev–Trinajstić information content (AvgIpc) is 2.38. The van der Waals surface area contributed by atoms with Crippen LogP contribution in [0.15, 0.2) is 24.5 Å². The molecule has 0 saturated carbocycles. The largest absolute Gasteiger partial charge is 0.403 e. The van der Waals surface area contributed by atoms with E-state index in [1.54, 1.807) is 6.20 Å². The monoisotopic (exact) mass is 224 g/mol. The Balaban J connectivity index is 0. The normalized spacial score (nSPS) is 9.25. The Morgan fingerprint density at radius 1 is 1.25 bits per heavy atom. The Bertz CT molecular complexity index is 278. The van der Waals surface area contributed by atoms with Crippen molar-refractivity contribution in [2.75, 3.05) is 0 Å². The number of pyridine rings is 1. The lowest BCUT2D eigenvalue weighted by Gasteiger charge is -2.03. The van der Waals surface area contributed by atoms with Crippen LogP contribution in [-0.2, 0) is 0 Å². The Labute approximate surface area is 98.7 Å². The lowest BCUT2D eigenvalue weighted by atomic mass is 10.2. The summed E-state index contributed by atoms with van der Waals surface area (Å²) in [6, 6.07) is 3.80. The van der Waals surface area contributed by atoms with E-state index in [0.29, 0.717) is 5.70 Å². The summed E-state index contributed by atoms with van der Waals surface area (Å²) in [5, 5.41) is 0. The van der Waals surface area contributed by atoms with E-state index in [-0.39, 0.29) is 0 Å². The Kier molecular flexibility index (Phi) is 12.1. The molecule has 0 aliphatic heterocycles. The summed E-state index contributed by atoms with van der Waals surface area (Å²) in [4.78, 5) is 4.13. The molecular formula is C12H24N4. The summed E-state index contributed by atoms with van der Waals surface area (Å²) in [7, 11) is 0. The molecular weight excluding hydrogens is 200 g/mol. The molecule has 1 heterocycles. The van der Waals surface area contributed by atoms with Crippen molar-refractivity contribution in [2.45, 2.75) is 34.6 Å². The van der Waals surface area contributed by atoms with Gasteiger partial charge in [0.25, 0.3) is 0 Å². The summed E-state index contributed by atoms with van der Waals surface area (Å²) in [6.07, 6.45) is 3.15. The van der Waals surface area contributed by atoms with E-state index in [4.69, 9.17) is 11.6 Å². The van der Waals surface area contributed by atoms with Gasteiger partial charge < -0.3 is 11.2 Å². The molecule has 0 atom stereocenters. The lowest BCUT2D eigenvalue weighted by molar-refractivity contribution is 0.972. The van der Waals surface area contributed by atoms with Gasteiger partial charge in [0.1, 0.15) is 0 Å². The van der Waals surface area contributed by atoms with E-state index in [0.717, 1.165) is 11.3 Å². The number of hydrogen-bond acceptors (Lipinski definition) is 4. The molecule has 0 fully saturated rings. The van der Waals surface area contributed by atoms with Crippen molar-refractivity contribution >= 4 is 5.70 Å². The molecule has 0 unspecified atom stereocenters. The van der Waals surface area contributed by atoms with E-state index in [1.807, 2.05) is 46.8 Å². The van der Waals surface area contributed by atoms with Gasteiger partial charge in [0.2, 0.25) is 0 Å². The first kappa shape index (κ1) is 16.9. The summed E-state index contributed by atoms with van der Waals surface area (Å²) >= 11 is 0. The second-order valence-electron chi connectivity index (χ2n) is 2.45. The van der Waals surface area contributed by atoms with Gasteiger partial charge in [0, 0.05) is 12.4 Å². The molecule has 0 bridgehead atoms. The standard InChI is InChI=1S/C8H12N4.2C2H6/c1-6-2-3-7(11-5-6)8(4-9)12-10;2*1-2/h2-5,12H,9-10H2,1H3;2*1-2H3/b8-4-;;. The van der Waals surface area contributed by atoms with Gasteiger partial charge in [-0.1, -0.05) is 33.8 Å². The zero-order chi connectivity index (χ0) is 13.0. The molecule has 0 aliphatic carbocycles. The van der Waals surface area contributed by atoms with Crippen LogP contribution in [0.25, 0.3) is 5.70 Å². The Morgan fingerprint density at radius 3 is 2.12 bits per heavy atom. The molecule has 4 heteroatoms. The van der Waals surface area contributed by atoms with Crippen LogP contribution >= 0.6 is 0 Å². The Morgan fingerprint density at radius 2 is 1.81 bits per heavy atom. The maximum absolute atomic E-state index is 5.31. The van der Waals surface area contributed by atoms with Crippen LogP contribution < -0.4 is 17.0 Å². The highest BCUT2D eigenvalue weighted by Crippen LogP contribution is 2.05. The molecule has 1 aromatic heterocycles. The number of aromatic nitrogens is 1. The third kappa shape index (κ3) is 6.03. The summed E-state index contributed by atoms with van der Waals surface area (Å²) < 4.78 is 0. The van der Waals surface area contributed by atoms with Crippen LogP contribution in [0.1, 0.15) is 39.0 Å². The second kappa shape index (κ2) is 11.5. The number of nitrogens with zero attached hydrogens (tertiary/aromatic N) is 1. The number of aryl methyl sites for hydroxylation is 1. The fourth-order valence-corrected chi connectivity index (χ4v) is 0.835. The van der Waals surface area contributed by atoms with E-state index in [2.05, 4.69) is 10.4 Å². The van der Waals surface area contributed by atoms with Crippen molar-refractivity contribution in [1.29, 1.82) is 0 Å². The first-order valence-corrected chi connectivity index (χ1v) is 5.59. The third-order valence-electron chi connectivity index (χ3n) is 1.51. The minimum Gasteiger partial charge on any atom is -0.403 e. The van der Waals surface area contributed by atoms with Gasteiger partial charge >= 0.3 is 0 Å². The SMILES string of the molecule is CC.CC.Cc1ccc(/C(=C/N)NN)nc1. The number of nitrogens with one attached hydrogen (secondary N) is 1. The summed E-state index contributed by atoms with van der Waals surface area (Å²) in [6.45, 7) is 9.97. The van der Waals surface area contributed by atoms with Gasteiger partial charge in [-0.3, -0.25) is 10.8 Å². The van der Waals surface area contributed by atoms with E-state index in [9.17, 15) is 0 Å². The van der Waals surface area contributed by atoms with Gasteiger partial charge in [0.05, 0.1) is 11.4 Å². The fraction of sp³-hybridized carbons (Fsp3) is 0.417. The zero-order valence-electron chi connectivity index (χ0n) is 10.9. The van der Waals surface area contributed by atoms with Crippen molar-refractivity contribution < 1.29 is 0 Å². The summed E-state index contributed by atoms with van der Waals surface area (Å²) in [5.74, 6) is 5.22. The predicted octanol–water partition coefficient (Wildman–Crippen LogP) is 2.16. The first-order chi connectivity index (χ1) is 7.77. The number of rotatable bonds is 2. The maximum Gasteiger partial charge on any atom is 0.0900 e. The molecule has 1 rings (SSSR count). The van der Waals surface area contributed by atoms with E-state index >= 15 is 0 Å². The van der Waals surface area contributed by atoms with Crippen molar-refractivity contribution in [2.24, 2.45) is 11.6 Å². The molecule has 0 amide bonds. The van der Waals surface area contributed by atoms with Crippen molar-refractivity contribution in [1.82, 2.24) is 10.4 Å². The lowest BCUT2D eigenvalue weighted by Crippen LogP contribution is -2.21. The van der Waals surface area contributed by atoms with Crippen LogP contribution in [0.4, 0.5) is 0 Å². The highest BCUT2D eigenvalue weighted by molar-refractivity contribution is 5.59. The van der Waals surface area contributed by atoms with E-state index in [1.165, 1.54) is 6.20 Å². The Hall–Kier alpha value is -1.55. The number of hydrogen-bond donors (Lipinski definition) is 3. The summed E-state index contributed by atoms with van der Waals surface area (Å²) in [5.41, 5.74) is 10.2. The van der Waals surface area contributed by atoms with Crippen LogP contribution in [0.2, 0.25) is 0 Å². The average molecular weight is 224 g/mol. The molecule has 0 aliphatic rings. The van der Waals surface area contributed by atoms with Crippen molar-refractivity contribution in [3.63, 3.8) is 0 Å². The topological polar surface area (TPSA) is 77.0 Å². The van der Waals surface area contributed by atoms with Crippen LogP contribution in [0, 0.1) is 6.92 Å². The predicted molar refractivity (Wildman–Crippen MR) is 71.2 cm³/mol. The quantitative estimate of drug-likeness (QED) is 0.531. The van der Waals surface area contributed by atoms with Gasteiger partial charge in [-0.05, 0) is 18.6 Å². The zero-order valence-corrected chi connectivity index (χ0v) is 10.9. The first-order valence-electron chi connectivity index (χ1n) is 5.59. The molecule has 1 aromatic rings. The molecule has 0 saturated heterocycles. The van der Waals surface area contributed by atoms with E-state index < -0.39 is 0 Å². The maximum atomic E-state index is 5.31. The van der Waals surface area contributed by atoms with Gasteiger partial charge in [0.15, 0.2) is 0 Å². The van der Waals surface area contributed by atoms with Gasteiger partial charge in [-0.15, -0.1) is 0 Å². The minimum absolute atomic E-state index is 0.620. The van der Waals surface area contributed by atoms with Gasteiger partial charge in [-0.25, -0.2) is 0 Å². The molecule has 16 heavy (non-hydrogen) atoms. The van der Waals surface area contributed by atoms with Crippen LogP contribution in [-0.4, -0.2) is 4.98 Å². The highest BCUT2D eigenvalue weighted by Gasteiger charge is 1.98. The number of hydrazine groups is 1. The minimum atomic E-state index is 0.620. The molecule has 0 aromatic carbocycles. The smallest absolute Gasteiger partial charge is 0.0900 e. The van der Waals surface area contributed by atoms with Crippen molar-refractivity contribution in [3.8, 4) is 0 Å². The fourth-order valence-electron chi connectivity index (χ4n) is 0.835. The second-order valence-corrected chi connectivity index (χ2v) is 2.45.